The van der Waals surface area contributed by atoms with E-state index < -0.39 is 4.92 Å². The van der Waals surface area contributed by atoms with Crippen LogP contribution in [0.5, 0.6) is 0 Å². The molecule has 110 valence electrons. The maximum absolute atomic E-state index is 13.2. The maximum atomic E-state index is 13.2. The van der Waals surface area contributed by atoms with Crippen LogP contribution in [0.4, 0.5) is 10.1 Å². The summed E-state index contributed by atoms with van der Waals surface area (Å²) in [6, 6.07) is 12.3. The van der Waals surface area contributed by atoms with Crippen molar-refractivity contribution in [1.82, 2.24) is 14.8 Å². The molecule has 22 heavy (non-hydrogen) atoms. The maximum Gasteiger partial charge on any atom is 0.270 e. The molecular formula is C15H11FN4O2. The average Bonchev–Trinajstić information content (AvgIpc) is 2.96. The van der Waals surface area contributed by atoms with Crippen LogP contribution in [0.1, 0.15) is 5.56 Å². The summed E-state index contributed by atoms with van der Waals surface area (Å²) in [5.74, 6) is 0.0802. The van der Waals surface area contributed by atoms with Crippen LogP contribution in [0.25, 0.3) is 11.4 Å². The molecule has 2 aromatic carbocycles. The SMILES string of the molecule is O=[N+]([O-])c1cccc(-c2ncn(Cc3cccc(F)c3)n2)c1. The average molecular weight is 298 g/mol. The minimum Gasteiger partial charge on any atom is -0.258 e. The second kappa shape index (κ2) is 5.72. The highest BCUT2D eigenvalue weighted by Gasteiger charge is 2.10. The second-order valence-corrected chi connectivity index (χ2v) is 4.70. The van der Waals surface area contributed by atoms with E-state index in [1.54, 1.807) is 28.9 Å². The van der Waals surface area contributed by atoms with E-state index in [1.807, 2.05) is 0 Å². The Kier molecular flexibility index (Phi) is 3.61. The third kappa shape index (κ3) is 2.98. The molecule has 0 saturated heterocycles. The summed E-state index contributed by atoms with van der Waals surface area (Å²) in [5, 5.41) is 15.1. The van der Waals surface area contributed by atoms with Crippen molar-refractivity contribution in [3.63, 3.8) is 0 Å². The molecule has 6 nitrogen and oxygen atoms in total. The lowest BCUT2D eigenvalue weighted by atomic mass is 10.2. The molecule has 0 aliphatic rings. The highest BCUT2D eigenvalue weighted by molar-refractivity contribution is 5.58. The molecule has 3 aromatic rings. The van der Waals surface area contributed by atoms with Gasteiger partial charge in [-0.25, -0.2) is 14.1 Å². The molecule has 0 radical (unpaired) electrons. The molecule has 0 amide bonds. The van der Waals surface area contributed by atoms with Crippen LogP contribution in [-0.2, 0) is 6.54 Å². The number of nitro benzene ring substituents is 1. The van der Waals surface area contributed by atoms with Crippen LogP contribution in [0.2, 0.25) is 0 Å². The van der Waals surface area contributed by atoms with E-state index in [0.717, 1.165) is 5.56 Å². The third-order valence-electron chi connectivity index (χ3n) is 3.09. The number of nitro groups is 1. The first-order chi connectivity index (χ1) is 10.6. The van der Waals surface area contributed by atoms with Gasteiger partial charge >= 0.3 is 0 Å². The number of rotatable bonds is 4. The molecule has 0 atom stereocenters. The summed E-state index contributed by atoms with van der Waals surface area (Å²) in [6.07, 6.45) is 1.51. The Balaban J connectivity index is 1.84. The van der Waals surface area contributed by atoms with Crippen molar-refractivity contribution in [2.75, 3.05) is 0 Å². The van der Waals surface area contributed by atoms with Crippen molar-refractivity contribution in [3.05, 3.63) is 76.4 Å². The van der Waals surface area contributed by atoms with E-state index >= 15 is 0 Å². The Bertz CT molecular complexity index is 832. The van der Waals surface area contributed by atoms with Gasteiger partial charge in [0.1, 0.15) is 12.1 Å². The summed E-state index contributed by atoms with van der Waals surface area (Å²) in [6.45, 7) is 0.375. The van der Waals surface area contributed by atoms with Gasteiger partial charge in [-0.05, 0) is 17.7 Å². The van der Waals surface area contributed by atoms with Crippen LogP contribution < -0.4 is 0 Å². The Labute approximate surface area is 125 Å². The lowest BCUT2D eigenvalue weighted by Crippen LogP contribution is -2.00. The van der Waals surface area contributed by atoms with Gasteiger partial charge in [0.25, 0.3) is 5.69 Å². The largest absolute Gasteiger partial charge is 0.270 e. The molecule has 7 heteroatoms. The topological polar surface area (TPSA) is 73.8 Å². The van der Waals surface area contributed by atoms with E-state index in [2.05, 4.69) is 10.1 Å². The van der Waals surface area contributed by atoms with Gasteiger partial charge in [-0.3, -0.25) is 10.1 Å². The lowest BCUT2D eigenvalue weighted by Gasteiger charge is -2.01. The summed E-state index contributed by atoms with van der Waals surface area (Å²) in [5.41, 5.74) is 1.31. The Morgan fingerprint density at radius 3 is 2.77 bits per heavy atom. The second-order valence-electron chi connectivity index (χ2n) is 4.70. The summed E-state index contributed by atoms with van der Waals surface area (Å²) in [4.78, 5) is 14.5. The Hall–Kier alpha value is -3.09. The smallest absolute Gasteiger partial charge is 0.258 e. The van der Waals surface area contributed by atoms with Crippen molar-refractivity contribution in [2.45, 2.75) is 6.54 Å². The van der Waals surface area contributed by atoms with Crippen LogP contribution in [0, 0.1) is 15.9 Å². The highest BCUT2D eigenvalue weighted by Crippen LogP contribution is 2.20. The molecular weight excluding hydrogens is 287 g/mol. The molecule has 0 saturated carbocycles. The zero-order valence-corrected chi connectivity index (χ0v) is 11.4. The number of non-ortho nitro benzene ring substituents is 1. The number of hydrogen-bond acceptors (Lipinski definition) is 4. The van der Waals surface area contributed by atoms with Gasteiger partial charge in [0.05, 0.1) is 11.5 Å². The minimum absolute atomic E-state index is 0.0148. The van der Waals surface area contributed by atoms with Crippen molar-refractivity contribution in [2.24, 2.45) is 0 Å². The van der Waals surface area contributed by atoms with Gasteiger partial charge in [-0.2, -0.15) is 5.10 Å². The standard InChI is InChI=1S/C15H11FN4O2/c16-13-5-1-3-11(7-13)9-19-10-17-15(18-19)12-4-2-6-14(8-12)20(21)22/h1-8,10H,9H2. The third-order valence-corrected chi connectivity index (χ3v) is 3.09. The predicted octanol–water partition coefficient (Wildman–Crippen LogP) is 3.04. The number of benzene rings is 2. The molecule has 3 rings (SSSR count). The molecule has 0 aliphatic carbocycles. The van der Waals surface area contributed by atoms with Crippen molar-refractivity contribution < 1.29 is 9.31 Å². The Morgan fingerprint density at radius 2 is 2.00 bits per heavy atom. The van der Waals surface area contributed by atoms with Gasteiger partial charge in [0, 0.05) is 17.7 Å². The first-order valence-electron chi connectivity index (χ1n) is 6.50. The van der Waals surface area contributed by atoms with E-state index in [9.17, 15) is 14.5 Å². The zero-order chi connectivity index (χ0) is 15.5. The van der Waals surface area contributed by atoms with E-state index in [4.69, 9.17) is 0 Å². The molecule has 0 aliphatic heterocycles. The van der Waals surface area contributed by atoms with Crippen molar-refractivity contribution in [3.8, 4) is 11.4 Å². The zero-order valence-electron chi connectivity index (χ0n) is 11.4. The fraction of sp³-hybridized carbons (Fsp3) is 0.0667. The fourth-order valence-electron chi connectivity index (χ4n) is 2.08. The van der Waals surface area contributed by atoms with Crippen molar-refractivity contribution in [1.29, 1.82) is 0 Å². The van der Waals surface area contributed by atoms with Crippen LogP contribution in [0.3, 0.4) is 0 Å². The van der Waals surface area contributed by atoms with E-state index in [-0.39, 0.29) is 11.5 Å². The van der Waals surface area contributed by atoms with Crippen molar-refractivity contribution >= 4 is 5.69 Å². The van der Waals surface area contributed by atoms with Crippen LogP contribution >= 0.6 is 0 Å². The molecule has 0 fully saturated rings. The molecule has 0 unspecified atom stereocenters. The predicted molar refractivity (Wildman–Crippen MR) is 77.6 cm³/mol. The van der Waals surface area contributed by atoms with Gasteiger partial charge in [0.2, 0.25) is 0 Å². The number of aromatic nitrogens is 3. The first kappa shape index (κ1) is 13.9. The minimum atomic E-state index is -0.465. The highest BCUT2D eigenvalue weighted by atomic mass is 19.1. The van der Waals surface area contributed by atoms with Gasteiger partial charge in [-0.15, -0.1) is 0 Å². The molecule has 0 spiro atoms. The van der Waals surface area contributed by atoms with Gasteiger partial charge in [0.15, 0.2) is 5.82 Å². The van der Waals surface area contributed by atoms with Crippen LogP contribution in [0.15, 0.2) is 54.9 Å². The number of halogens is 1. The normalized spacial score (nSPS) is 10.6. The molecule has 0 N–H and O–H groups in total. The molecule has 1 heterocycles. The first-order valence-corrected chi connectivity index (χ1v) is 6.50. The summed E-state index contributed by atoms with van der Waals surface area (Å²) < 4.78 is 14.7. The van der Waals surface area contributed by atoms with E-state index in [1.165, 1.54) is 30.6 Å². The van der Waals surface area contributed by atoms with Crippen LogP contribution in [-0.4, -0.2) is 19.7 Å². The lowest BCUT2D eigenvalue weighted by molar-refractivity contribution is -0.384. The summed E-state index contributed by atoms with van der Waals surface area (Å²) >= 11 is 0. The fourth-order valence-corrected chi connectivity index (χ4v) is 2.08. The van der Waals surface area contributed by atoms with Gasteiger partial charge in [-0.1, -0.05) is 24.3 Å². The summed E-state index contributed by atoms with van der Waals surface area (Å²) in [7, 11) is 0. The monoisotopic (exact) mass is 298 g/mol. The number of nitrogens with zero attached hydrogens (tertiary/aromatic N) is 4. The molecule has 1 aromatic heterocycles. The van der Waals surface area contributed by atoms with Gasteiger partial charge < -0.3 is 0 Å². The van der Waals surface area contributed by atoms with E-state index in [0.29, 0.717) is 17.9 Å². The number of hydrogen-bond donors (Lipinski definition) is 0. The Morgan fingerprint density at radius 1 is 1.18 bits per heavy atom. The quantitative estimate of drug-likeness (QED) is 0.548. The molecule has 0 bridgehead atoms.